The van der Waals surface area contributed by atoms with E-state index in [1.165, 1.54) is 12.1 Å². The first-order chi connectivity index (χ1) is 15.7. The Morgan fingerprint density at radius 1 is 1.12 bits per heavy atom. The molecule has 1 amide bonds. The molecule has 0 aromatic heterocycles. The van der Waals surface area contributed by atoms with E-state index >= 15 is 0 Å². The Kier molecular flexibility index (Phi) is 8.50. The van der Waals surface area contributed by atoms with Crippen LogP contribution < -0.4 is 10.0 Å². The van der Waals surface area contributed by atoms with Gasteiger partial charge >= 0.3 is 5.97 Å². The maximum absolute atomic E-state index is 13.2. The van der Waals surface area contributed by atoms with Crippen molar-refractivity contribution in [3.8, 4) is 0 Å². The van der Waals surface area contributed by atoms with Crippen molar-refractivity contribution in [1.82, 2.24) is 4.72 Å². The number of halogens is 1. The normalized spacial score (nSPS) is 17.3. The smallest absolute Gasteiger partial charge is 0.307 e. The van der Waals surface area contributed by atoms with Gasteiger partial charge in [0, 0.05) is 12.3 Å². The summed E-state index contributed by atoms with van der Waals surface area (Å²) in [7, 11) is -4.15. The fourth-order valence-corrected chi connectivity index (χ4v) is 4.37. The van der Waals surface area contributed by atoms with Gasteiger partial charge in [-0.1, -0.05) is 12.1 Å². The predicted molar refractivity (Wildman–Crippen MR) is 116 cm³/mol. The first-order valence-electron chi connectivity index (χ1n) is 10.4. The van der Waals surface area contributed by atoms with Gasteiger partial charge in [0.05, 0.1) is 17.9 Å². The summed E-state index contributed by atoms with van der Waals surface area (Å²) in [5.74, 6) is -2.25. The third-order valence-electron chi connectivity index (χ3n) is 4.90. The fraction of sp³-hybridized carbons (Fsp3) is 0.364. The minimum absolute atomic E-state index is 0.163. The second-order valence-electron chi connectivity index (χ2n) is 7.51. The molecule has 1 saturated heterocycles. The van der Waals surface area contributed by atoms with E-state index < -0.39 is 40.0 Å². The van der Waals surface area contributed by atoms with Gasteiger partial charge in [0.1, 0.15) is 11.9 Å². The highest BCUT2D eigenvalue weighted by molar-refractivity contribution is 7.89. The number of amides is 1. The summed E-state index contributed by atoms with van der Waals surface area (Å²) in [6.07, 6.45) is 1.72. The topological polar surface area (TPSA) is 131 Å². The highest BCUT2D eigenvalue weighted by Crippen LogP contribution is 2.16. The van der Waals surface area contributed by atoms with E-state index in [1.807, 2.05) is 0 Å². The van der Waals surface area contributed by atoms with Crippen LogP contribution in [0.5, 0.6) is 0 Å². The van der Waals surface area contributed by atoms with Crippen LogP contribution in [0.15, 0.2) is 53.4 Å². The molecule has 1 fully saturated rings. The van der Waals surface area contributed by atoms with Crippen LogP contribution in [0, 0.1) is 5.82 Å². The summed E-state index contributed by atoms with van der Waals surface area (Å²) in [6, 6.07) is 9.05. The molecule has 3 rings (SSSR count). The number of hydrogen-bond acceptors (Lipinski definition) is 6. The lowest BCUT2D eigenvalue weighted by Gasteiger charge is -2.25. The molecule has 2 atom stereocenters. The van der Waals surface area contributed by atoms with E-state index in [1.54, 1.807) is 12.1 Å². The predicted octanol–water partition coefficient (Wildman–Crippen LogP) is 2.28. The number of carbonyl (C=O) groups is 2. The van der Waals surface area contributed by atoms with Crippen molar-refractivity contribution in [2.75, 3.05) is 18.5 Å². The van der Waals surface area contributed by atoms with Crippen LogP contribution in [0.1, 0.15) is 24.8 Å². The Balaban J connectivity index is 1.72. The molecule has 1 aliphatic heterocycles. The average molecular weight is 481 g/mol. The molecular weight excluding hydrogens is 455 g/mol. The monoisotopic (exact) mass is 480 g/mol. The number of carboxylic acid groups (broad SMARTS) is 1. The van der Waals surface area contributed by atoms with E-state index in [0.717, 1.165) is 37.1 Å². The Morgan fingerprint density at radius 2 is 1.82 bits per heavy atom. The first-order valence-corrected chi connectivity index (χ1v) is 11.8. The molecule has 33 heavy (non-hydrogen) atoms. The molecule has 1 heterocycles. The van der Waals surface area contributed by atoms with Crippen LogP contribution in [0.4, 0.5) is 10.1 Å². The van der Waals surface area contributed by atoms with Crippen molar-refractivity contribution >= 4 is 27.6 Å². The zero-order valence-electron chi connectivity index (χ0n) is 17.7. The van der Waals surface area contributed by atoms with Gasteiger partial charge in [-0.15, -0.1) is 0 Å². The zero-order valence-corrected chi connectivity index (χ0v) is 18.5. The summed E-state index contributed by atoms with van der Waals surface area (Å²) in [6.45, 7) is 0.236. The van der Waals surface area contributed by atoms with Gasteiger partial charge in [-0.3, -0.25) is 9.59 Å². The highest BCUT2D eigenvalue weighted by Gasteiger charge is 2.28. The lowest BCUT2D eigenvalue weighted by molar-refractivity contribution is -0.166. The Hall–Kier alpha value is -2.86. The van der Waals surface area contributed by atoms with Crippen molar-refractivity contribution in [3.05, 3.63) is 59.9 Å². The summed E-state index contributed by atoms with van der Waals surface area (Å²) in [5, 5.41) is 11.5. The largest absolute Gasteiger partial charge is 0.481 e. The van der Waals surface area contributed by atoms with E-state index in [0.29, 0.717) is 24.3 Å². The number of carbonyl (C=O) groups excluding carboxylic acids is 1. The van der Waals surface area contributed by atoms with Crippen molar-refractivity contribution in [3.63, 3.8) is 0 Å². The molecule has 11 heteroatoms. The van der Waals surface area contributed by atoms with Gasteiger partial charge in [-0.2, -0.15) is 4.72 Å². The van der Waals surface area contributed by atoms with Gasteiger partial charge in [-0.05, 0) is 61.2 Å². The van der Waals surface area contributed by atoms with Crippen LogP contribution >= 0.6 is 0 Å². The minimum Gasteiger partial charge on any atom is -0.481 e. The quantitative estimate of drug-likeness (QED) is 0.475. The van der Waals surface area contributed by atoms with Crippen molar-refractivity contribution in [2.24, 2.45) is 0 Å². The van der Waals surface area contributed by atoms with Crippen LogP contribution in [-0.2, 0) is 35.5 Å². The maximum atomic E-state index is 13.2. The van der Waals surface area contributed by atoms with Crippen LogP contribution in [-0.4, -0.2) is 50.9 Å². The molecule has 9 nitrogen and oxygen atoms in total. The second-order valence-corrected chi connectivity index (χ2v) is 9.23. The maximum Gasteiger partial charge on any atom is 0.307 e. The SMILES string of the molecule is O=C(O)Cc1ccc(NC(=O)[C@H](COC2CCCCO2)NS(=O)(=O)c2ccc(F)cc2)cc1. The van der Waals surface area contributed by atoms with Crippen LogP contribution in [0.25, 0.3) is 0 Å². The van der Waals surface area contributed by atoms with Gasteiger partial charge in [-0.25, -0.2) is 12.8 Å². The third-order valence-corrected chi connectivity index (χ3v) is 6.39. The summed E-state index contributed by atoms with van der Waals surface area (Å²) >= 11 is 0. The molecule has 0 aliphatic carbocycles. The molecule has 0 saturated carbocycles. The standard InChI is InChI=1S/C22H25FN2O7S/c23-16-6-10-18(11-7-16)33(29,30)25-19(14-32-21-3-1-2-12-31-21)22(28)24-17-8-4-15(5-9-17)13-20(26)27/h4-11,19,21,25H,1-3,12-14H2,(H,24,28)(H,26,27)/t19-,21?/m0/s1. The molecule has 2 aromatic rings. The highest BCUT2D eigenvalue weighted by atomic mass is 32.2. The van der Waals surface area contributed by atoms with E-state index in [4.69, 9.17) is 14.6 Å². The molecule has 1 aliphatic rings. The number of benzene rings is 2. The molecule has 0 spiro atoms. The van der Waals surface area contributed by atoms with Gasteiger partial charge in [0.25, 0.3) is 0 Å². The van der Waals surface area contributed by atoms with Gasteiger partial charge < -0.3 is 19.9 Å². The molecule has 178 valence electrons. The number of anilines is 1. The Labute approximate surface area is 191 Å². The molecule has 2 aromatic carbocycles. The Morgan fingerprint density at radius 3 is 2.42 bits per heavy atom. The van der Waals surface area contributed by atoms with Crippen LogP contribution in [0.2, 0.25) is 0 Å². The Bertz CT molecular complexity index is 1050. The number of sulfonamides is 1. The van der Waals surface area contributed by atoms with Crippen LogP contribution in [0.3, 0.4) is 0 Å². The van der Waals surface area contributed by atoms with E-state index in [9.17, 15) is 22.4 Å². The molecule has 3 N–H and O–H groups in total. The number of hydrogen-bond donors (Lipinski definition) is 3. The molecule has 0 bridgehead atoms. The first kappa shape index (κ1) is 24.8. The van der Waals surface area contributed by atoms with Gasteiger partial charge in [0.2, 0.25) is 15.9 Å². The van der Waals surface area contributed by atoms with E-state index in [2.05, 4.69) is 10.0 Å². The minimum atomic E-state index is -4.15. The average Bonchev–Trinajstić information content (AvgIpc) is 2.78. The molecule has 0 radical (unpaired) electrons. The molecule has 1 unspecified atom stereocenters. The van der Waals surface area contributed by atoms with Crippen molar-refractivity contribution < 1.29 is 37.0 Å². The number of ether oxygens (including phenoxy) is 2. The van der Waals surface area contributed by atoms with Gasteiger partial charge in [0.15, 0.2) is 6.29 Å². The molecular formula is C22H25FN2O7S. The van der Waals surface area contributed by atoms with E-state index in [-0.39, 0.29) is 17.9 Å². The number of nitrogens with one attached hydrogen (secondary N) is 2. The summed E-state index contributed by atoms with van der Waals surface area (Å²) < 4.78 is 52.1. The lowest BCUT2D eigenvalue weighted by Crippen LogP contribution is -2.47. The van der Waals surface area contributed by atoms with Crippen molar-refractivity contribution in [1.29, 1.82) is 0 Å². The second kappa shape index (κ2) is 11.3. The number of rotatable bonds is 10. The number of carboxylic acids is 1. The lowest BCUT2D eigenvalue weighted by atomic mass is 10.1. The zero-order chi connectivity index (χ0) is 23.8. The fourth-order valence-electron chi connectivity index (χ4n) is 3.19. The summed E-state index contributed by atoms with van der Waals surface area (Å²) in [4.78, 5) is 23.5. The number of aliphatic carboxylic acids is 1. The third kappa shape index (κ3) is 7.60. The summed E-state index contributed by atoms with van der Waals surface area (Å²) in [5.41, 5.74) is 0.904. The van der Waals surface area contributed by atoms with Crippen molar-refractivity contribution in [2.45, 2.75) is 42.9 Å².